The molecule has 2 aromatic heterocycles. The number of benzene rings is 3. The molecule has 5 aromatic rings. The molecule has 3 aromatic carbocycles. The predicted octanol–water partition coefficient (Wildman–Crippen LogP) is 3.32. The molecule has 6 rings (SSSR count). The molecule has 1 aliphatic heterocycles. The number of halogens is 1. The molecule has 3 heterocycles. The summed E-state index contributed by atoms with van der Waals surface area (Å²) in [5.41, 5.74) is 6.29. The van der Waals surface area contributed by atoms with Gasteiger partial charge in [-0.1, -0.05) is 54.6 Å². The fourth-order valence-corrected chi connectivity index (χ4v) is 5.48. The van der Waals surface area contributed by atoms with Gasteiger partial charge in [-0.15, -0.1) is 0 Å². The Morgan fingerprint density at radius 2 is 1.56 bits per heavy atom. The van der Waals surface area contributed by atoms with Gasteiger partial charge in [-0.2, -0.15) is 4.98 Å². The number of H-pyrrole nitrogens is 1. The number of aromatic nitrogens is 4. The van der Waals surface area contributed by atoms with E-state index in [0.29, 0.717) is 11.5 Å². The lowest BCUT2D eigenvalue weighted by atomic mass is 9.80. The number of rotatable bonds is 9. The number of nitrogens with one attached hydrogen (secondary N) is 1. The van der Waals surface area contributed by atoms with Crippen molar-refractivity contribution < 1.29 is 28.4 Å². The van der Waals surface area contributed by atoms with Crippen molar-refractivity contribution in [1.29, 1.82) is 0 Å². The lowest BCUT2D eigenvalue weighted by Crippen LogP contribution is -2.39. The zero-order chi connectivity index (χ0) is 30.1. The van der Waals surface area contributed by atoms with Gasteiger partial charge in [-0.25, -0.2) is 9.37 Å². The third-order valence-electron chi connectivity index (χ3n) is 7.66. The van der Waals surface area contributed by atoms with Gasteiger partial charge < -0.3 is 29.8 Å². The van der Waals surface area contributed by atoms with Crippen LogP contribution in [0.2, 0.25) is 0 Å². The van der Waals surface area contributed by atoms with Crippen molar-refractivity contribution in [2.24, 2.45) is 0 Å². The SMILES string of the molecule is COc1ccc(C(OC[C@H]2O[C@@H](n3cnc4c(=O)[nH]c(N)nc43)[C@H](F)[C@@H]2O)(c2ccccc2)c2ccc(OC)cc2)cc1. The Hall–Kier alpha value is -4.78. The van der Waals surface area contributed by atoms with Crippen LogP contribution in [-0.2, 0) is 15.1 Å². The van der Waals surface area contributed by atoms with Gasteiger partial charge in [0, 0.05) is 0 Å². The van der Waals surface area contributed by atoms with Gasteiger partial charge in [-0.05, 0) is 41.0 Å². The Morgan fingerprint density at radius 3 is 2.14 bits per heavy atom. The topological polar surface area (TPSA) is 147 Å². The van der Waals surface area contributed by atoms with Crippen LogP contribution in [0.15, 0.2) is 90.0 Å². The van der Waals surface area contributed by atoms with E-state index in [0.717, 1.165) is 16.7 Å². The summed E-state index contributed by atoms with van der Waals surface area (Å²) < 4.78 is 40.5. The largest absolute Gasteiger partial charge is 0.497 e. The monoisotopic (exact) mass is 587 g/mol. The first-order chi connectivity index (χ1) is 20.8. The number of hydrogen-bond acceptors (Lipinski definition) is 9. The second-order valence-electron chi connectivity index (χ2n) is 10.1. The van der Waals surface area contributed by atoms with Gasteiger partial charge in [-0.3, -0.25) is 14.3 Å². The van der Waals surface area contributed by atoms with Crippen LogP contribution in [-0.4, -0.2) is 63.8 Å². The highest BCUT2D eigenvalue weighted by molar-refractivity contribution is 5.70. The number of anilines is 1. The molecular formula is C31H30FN5O6. The molecule has 4 atom stereocenters. The number of fused-ring (bicyclic) bond motifs is 1. The van der Waals surface area contributed by atoms with Gasteiger partial charge in [0.25, 0.3) is 5.56 Å². The van der Waals surface area contributed by atoms with Crippen LogP contribution in [0.25, 0.3) is 11.2 Å². The van der Waals surface area contributed by atoms with E-state index in [-0.39, 0.29) is 23.7 Å². The number of alkyl halides is 1. The van der Waals surface area contributed by atoms with E-state index in [2.05, 4.69) is 15.0 Å². The number of ether oxygens (including phenoxy) is 4. The van der Waals surface area contributed by atoms with E-state index in [1.54, 1.807) is 14.2 Å². The minimum absolute atomic E-state index is 0.0266. The second kappa shape index (κ2) is 11.5. The quantitative estimate of drug-likeness (QED) is 0.221. The number of nitrogen functional groups attached to an aromatic ring is 1. The maximum absolute atomic E-state index is 15.6. The number of aliphatic hydroxyl groups excluding tert-OH is 1. The smallest absolute Gasteiger partial charge is 0.280 e. The third-order valence-corrected chi connectivity index (χ3v) is 7.66. The fourth-order valence-electron chi connectivity index (χ4n) is 5.48. The molecule has 43 heavy (non-hydrogen) atoms. The number of nitrogens with two attached hydrogens (primary N) is 1. The number of nitrogens with zero attached hydrogens (tertiary/aromatic N) is 3. The van der Waals surface area contributed by atoms with Crippen LogP contribution in [0.1, 0.15) is 22.9 Å². The summed E-state index contributed by atoms with van der Waals surface area (Å²) in [6.45, 7) is -0.201. The first-order valence-corrected chi connectivity index (χ1v) is 13.5. The van der Waals surface area contributed by atoms with Gasteiger partial charge in [0.2, 0.25) is 5.95 Å². The second-order valence-corrected chi connectivity index (χ2v) is 10.1. The number of aromatic amines is 1. The third kappa shape index (κ3) is 4.99. The van der Waals surface area contributed by atoms with Crippen molar-refractivity contribution in [3.63, 3.8) is 0 Å². The summed E-state index contributed by atoms with van der Waals surface area (Å²) in [5.74, 6) is 1.18. The highest BCUT2D eigenvalue weighted by atomic mass is 19.1. The number of hydrogen-bond donors (Lipinski definition) is 3. The van der Waals surface area contributed by atoms with Crippen LogP contribution in [0, 0.1) is 0 Å². The Morgan fingerprint density at radius 1 is 0.977 bits per heavy atom. The standard InChI is InChI=1S/C31H30FN5O6/c1-40-21-12-8-19(9-13-21)31(18-6-4-3-5-7-18,20-10-14-22(41-2)15-11-20)42-16-23-26(38)24(32)29(43-23)37-17-34-25-27(37)35-30(33)36-28(25)39/h3-15,17,23-24,26,29,38H,16H2,1-2H3,(H3,33,35,36,39)/t23-,24-,26-,29-/m1/s1. The van der Waals surface area contributed by atoms with Gasteiger partial charge in [0.15, 0.2) is 23.6 Å². The molecule has 11 nitrogen and oxygen atoms in total. The Balaban J connectivity index is 1.39. The highest BCUT2D eigenvalue weighted by Crippen LogP contribution is 2.43. The van der Waals surface area contributed by atoms with Gasteiger partial charge >= 0.3 is 0 Å². The van der Waals surface area contributed by atoms with Crippen molar-refractivity contribution in [1.82, 2.24) is 19.5 Å². The van der Waals surface area contributed by atoms with Crippen molar-refractivity contribution >= 4 is 17.1 Å². The van der Waals surface area contributed by atoms with E-state index in [1.165, 1.54) is 10.9 Å². The maximum Gasteiger partial charge on any atom is 0.280 e. The van der Waals surface area contributed by atoms with Crippen molar-refractivity contribution in [3.05, 3.63) is 112 Å². The van der Waals surface area contributed by atoms with E-state index in [9.17, 15) is 9.90 Å². The van der Waals surface area contributed by atoms with Crippen LogP contribution >= 0.6 is 0 Å². The molecule has 4 N–H and O–H groups in total. The zero-order valence-electron chi connectivity index (χ0n) is 23.4. The van der Waals surface area contributed by atoms with Crippen molar-refractivity contribution in [2.45, 2.75) is 30.2 Å². The van der Waals surface area contributed by atoms with E-state index in [1.807, 2.05) is 78.9 Å². The van der Waals surface area contributed by atoms with Crippen molar-refractivity contribution in [3.8, 4) is 11.5 Å². The molecule has 0 spiro atoms. The lowest BCUT2D eigenvalue weighted by molar-refractivity contribution is -0.0935. The molecular weight excluding hydrogens is 557 g/mol. The summed E-state index contributed by atoms with van der Waals surface area (Å²) in [6.07, 6.45) is -4.60. The molecule has 0 bridgehead atoms. The first kappa shape index (κ1) is 28.3. The number of imidazole rings is 1. The summed E-state index contributed by atoms with van der Waals surface area (Å²) in [7, 11) is 3.18. The normalized spacial score (nSPS) is 20.4. The highest BCUT2D eigenvalue weighted by Gasteiger charge is 2.48. The van der Waals surface area contributed by atoms with Gasteiger partial charge in [0.1, 0.15) is 29.3 Å². The minimum atomic E-state index is -1.87. The van der Waals surface area contributed by atoms with Crippen LogP contribution in [0.5, 0.6) is 11.5 Å². The lowest BCUT2D eigenvalue weighted by Gasteiger charge is -2.37. The minimum Gasteiger partial charge on any atom is -0.497 e. The van der Waals surface area contributed by atoms with Crippen LogP contribution in [0.3, 0.4) is 0 Å². The molecule has 0 aliphatic carbocycles. The molecule has 0 amide bonds. The molecule has 12 heteroatoms. The zero-order valence-corrected chi connectivity index (χ0v) is 23.4. The fraction of sp³-hybridized carbons (Fsp3) is 0.258. The van der Waals surface area contributed by atoms with E-state index < -0.39 is 35.8 Å². The maximum atomic E-state index is 15.6. The average molecular weight is 588 g/mol. The Bertz CT molecular complexity index is 1710. The van der Waals surface area contributed by atoms with E-state index >= 15 is 4.39 Å². The Labute approximate surface area is 245 Å². The average Bonchev–Trinajstić information content (AvgIpc) is 3.58. The molecule has 1 aliphatic rings. The van der Waals surface area contributed by atoms with Crippen molar-refractivity contribution in [2.75, 3.05) is 26.6 Å². The summed E-state index contributed by atoms with van der Waals surface area (Å²) in [4.78, 5) is 22.8. The number of aliphatic hydroxyl groups is 1. The molecule has 0 radical (unpaired) electrons. The summed E-state index contributed by atoms with van der Waals surface area (Å²) >= 11 is 0. The first-order valence-electron chi connectivity index (χ1n) is 13.5. The molecule has 1 saturated heterocycles. The van der Waals surface area contributed by atoms with Gasteiger partial charge in [0.05, 0.1) is 27.2 Å². The molecule has 222 valence electrons. The van der Waals surface area contributed by atoms with Crippen LogP contribution in [0.4, 0.5) is 10.3 Å². The Kier molecular flexibility index (Phi) is 7.57. The van der Waals surface area contributed by atoms with E-state index in [4.69, 9.17) is 24.7 Å². The predicted molar refractivity (Wildman–Crippen MR) is 156 cm³/mol. The van der Waals surface area contributed by atoms with Crippen LogP contribution < -0.4 is 20.8 Å². The molecule has 0 saturated carbocycles. The number of methoxy groups -OCH3 is 2. The summed E-state index contributed by atoms with van der Waals surface area (Å²) in [6, 6.07) is 24.5. The molecule has 0 unspecified atom stereocenters. The summed E-state index contributed by atoms with van der Waals surface area (Å²) in [5, 5.41) is 11.0. The molecule has 1 fully saturated rings.